The summed E-state index contributed by atoms with van der Waals surface area (Å²) in [6.45, 7) is 0. The maximum atomic E-state index is 6.09. The summed E-state index contributed by atoms with van der Waals surface area (Å²) in [7, 11) is 0. The number of halogens is 3. The van der Waals surface area contributed by atoms with E-state index in [4.69, 9.17) is 29.0 Å². The van der Waals surface area contributed by atoms with E-state index in [0.29, 0.717) is 10.0 Å². The minimum absolute atomic E-state index is 0.118. The maximum Gasteiger partial charge on any atom is 0.0710 e. The zero-order valence-corrected chi connectivity index (χ0v) is 12.4. The van der Waals surface area contributed by atoms with Gasteiger partial charge in [0.2, 0.25) is 0 Å². The third-order valence-corrected chi connectivity index (χ3v) is 4.13. The molecule has 5 heteroatoms. The average Bonchev–Trinajstić information content (AvgIpc) is 2.37. The molecule has 2 nitrogen and oxygen atoms in total. The van der Waals surface area contributed by atoms with Crippen molar-refractivity contribution < 1.29 is 0 Å². The molecule has 1 atom stereocenters. The monoisotopic (exact) mass is 344 g/mol. The molecule has 0 heterocycles. The Bertz CT molecular complexity index is 543. The summed E-state index contributed by atoms with van der Waals surface area (Å²) in [6, 6.07) is 13.2. The van der Waals surface area contributed by atoms with Gasteiger partial charge in [-0.15, -0.1) is 0 Å². The summed E-state index contributed by atoms with van der Waals surface area (Å²) in [4.78, 5) is 0. The van der Waals surface area contributed by atoms with Crippen LogP contribution in [0.5, 0.6) is 0 Å². The van der Waals surface area contributed by atoms with Crippen molar-refractivity contribution in [2.75, 3.05) is 0 Å². The Labute approximate surface area is 124 Å². The number of nitrogens with two attached hydrogens (primary N) is 1. The highest BCUT2D eigenvalue weighted by Crippen LogP contribution is 2.29. The van der Waals surface area contributed by atoms with Crippen LogP contribution in [-0.2, 0) is 0 Å². The minimum Gasteiger partial charge on any atom is -0.271 e. The second-order valence-corrected chi connectivity index (χ2v) is 5.52. The van der Waals surface area contributed by atoms with E-state index in [1.807, 2.05) is 42.5 Å². The van der Waals surface area contributed by atoms with Gasteiger partial charge in [-0.05, 0) is 51.3 Å². The third-order valence-electron chi connectivity index (χ3n) is 2.65. The van der Waals surface area contributed by atoms with Gasteiger partial charge in [0, 0.05) is 9.50 Å². The third kappa shape index (κ3) is 3.05. The Morgan fingerprint density at radius 3 is 2.17 bits per heavy atom. The molecule has 0 spiro atoms. The predicted molar refractivity (Wildman–Crippen MR) is 79.8 cm³/mol. The van der Waals surface area contributed by atoms with Gasteiger partial charge in [0.15, 0.2) is 0 Å². The van der Waals surface area contributed by atoms with Crippen LogP contribution < -0.4 is 11.3 Å². The van der Waals surface area contributed by atoms with E-state index >= 15 is 0 Å². The number of hydrazine groups is 1. The van der Waals surface area contributed by atoms with Crippen molar-refractivity contribution in [3.05, 3.63) is 68.1 Å². The molecular formula is C13H11BrCl2N2. The second kappa shape index (κ2) is 6.04. The minimum atomic E-state index is -0.118. The predicted octanol–water partition coefficient (Wildman–Crippen LogP) is 4.31. The Morgan fingerprint density at radius 2 is 1.61 bits per heavy atom. The smallest absolute Gasteiger partial charge is 0.0710 e. The van der Waals surface area contributed by atoms with Crippen LogP contribution in [0.3, 0.4) is 0 Å². The van der Waals surface area contributed by atoms with Gasteiger partial charge in [0.1, 0.15) is 0 Å². The number of nitrogens with one attached hydrogen (secondary N) is 1. The van der Waals surface area contributed by atoms with Crippen LogP contribution in [0.4, 0.5) is 0 Å². The van der Waals surface area contributed by atoms with Crippen LogP contribution in [0.15, 0.2) is 46.9 Å². The first-order chi connectivity index (χ1) is 8.61. The summed E-state index contributed by atoms with van der Waals surface area (Å²) < 4.78 is 0.861. The van der Waals surface area contributed by atoms with Crippen molar-refractivity contribution in [3.63, 3.8) is 0 Å². The number of hydrogen-bond acceptors (Lipinski definition) is 2. The molecule has 0 aliphatic carbocycles. The molecule has 0 fully saturated rings. The van der Waals surface area contributed by atoms with E-state index in [2.05, 4.69) is 21.4 Å². The van der Waals surface area contributed by atoms with Crippen molar-refractivity contribution in [3.8, 4) is 0 Å². The highest BCUT2D eigenvalue weighted by molar-refractivity contribution is 9.10. The standard InChI is InChI=1S/C13H11BrCl2N2/c14-11-6-3-9(7-12(11)16)13(18-17)8-1-4-10(15)5-2-8/h1-7,13,18H,17H2. The molecule has 2 aromatic carbocycles. The lowest BCUT2D eigenvalue weighted by molar-refractivity contribution is 0.637. The van der Waals surface area contributed by atoms with Crippen LogP contribution in [0.25, 0.3) is 0 Å². The van der Waals surface area contributed by atoms with Gasteiger partial charge in [0.05, 0.1) is 11.1 Å². The molecule has 0 saturated carbocycles. The Hall–Kier alpha value is -0.580. The molecule has 3 N–H and O–H groups in total. The van der Waals surface area contributed by atoms with Gasteiger partial charge < -0.3 is 0 Å². The van der Waals surface area contributed by atoms with Gasteiger partial charge >= 0.3 is 0 Å². The summed E-state index contributed by atoms with van der Waals surface area (Å²) >= 11 is 15.3. The summed E-state index contributed by atoms with van der Waals surface area (Å²) in [5.74, 6) is 5.63. The number of benzene rings is 2. The quantitative estimate of drug-likeness (QED) is 0.642. The van der Waals surface area contributed by atoms with E-state index in [-0.39, 0.29) is 6.04 Å². The molecule has 2 rings (SSSR count). The number of hydrogen-bond donors (Lipinski definition) is 2. The molecular weight excluding hydrogens is 335 g/mol. The van der Waals surface area contributed by atoms with Gasteiger partial charge in [-0.3, -0.25) is 5.84 Å². The molecule has 0 radical (unpaired) electrons. The first-order valence-electron chi connectivity index (χ1n) is 5.28. The molecule has 0 bridgehead atoms. The van der Waals surface area contributed by atoms with Gasteiger partial charge in [-0.25, -0.2) is 5.43 Å². The van der Waals surface area contributed by atoms with Crippen LogP contribution >= 0.6 is 39.1 Å². The fourth-order valence-electron chi connectivity index (χ4n) is 1.73. The first kappa shape index (κ1) is 13.8. The lowest BCUT2D eigenvalue weighted by atomic mass is 9.99. The first-order valence-corrected chi connectivity index (χ1v) is 6.83. The zero-order valence-electron chi connectivity index (χ0n) is 9.33. The average molecular weight is 346 g/mol. The second-order valence-electron chi connectivity index (χ2n) is 3.82. The van der Waals surface area contributed by atoms with E-state index in [1.54, 1.807) is 0 Å². The van der Waals surface area contributed by atoms with Gasteiger partial charge in [-0.1, -0.05) is 41.4 Å². The van der Waals surface area contributed by atoms with E-state index in [1.165, 1.54) is 0 Å². The Balaban J connectivity index is 2.38. The fraction of sp³-hybridized carbons (Fsp3) is 0.0769. The van der Waals surface area contributed by atoms with E-state index in [9.17, 15) is 0 Å². The lowest BCUT2D eigenvalue weighted by Crippen LogP contribution is -2.28. The Kier molecular flexibility index (Phi) is 4.65. The lowest BCUT2D eigenvalue weighted by Gasteiger charge is -2.17. The topological polar surface area (TPSA) is 38.0 Å². The summed E-state index contributed by atoms with van der Waals surface area (Å²) in [5, 5.41) is 1.35. The molecule has 0 amide bonds. The SMILES string of the molecule is NNC(c1ccc(Cl)cc1)c1ccc(Br)c(Cl)c1. The normalized spacial score (nSPS) is 12.4. The molecule has 0 aromatic heterocycles. The molecule has 0 aliphatic heterocycles. The van der Waals surface area contributed by atoms with Crippen LogP contribution in [0.1, 0.15) is 17.2 Å². The van der Waals surface area contributed by atoms with Crippen LogP contribution in [0.2, 0.25) is 10.0 Å². The largest absolute Gasteiger partial charge is 0.271 e. The summed E-state index contributed by atoms with van der Waals surface area (Å²) in [6.07, 6.45) is 0. The van der Waals surface area contributed by atoms with Crippen molar-refractivity contribution in [2.24, 2.45) is 5.84 Å². The maximum absolute atomic E-state index is 6.09. The highest BCUT2D eigenvalue weighted by Gasteiger charge is 2.13. The van der Waals surface area contributed by atoms with Crippen molar-refractivity contribution in [1.29, 1.82) is 0 Å². The van der Waals surface area contributed by atoms with Crippen molar-refractivity contribution >= 4 is 39.1 Å². The van der Waals surface area contributed by atoms with Crippen molar-refractivity contribution in [1.82, 2.24) is 5.43 Å². The highest BCUT2D eigenvalue weighted by atomic mass is 79.9. The molecule has 0 aliphatic rings. The van der Waals surface area contributed by atoms with Crippen molar-refractivity contribution in [2.45, 2.75) is 6.04 Å². The van der Waals surface area contributed by atoms with Gasteiger partial charge in [-0.2, -0.15) is 0 Å². The zero-order chi connectivity index (χ0) is 13.1. The molecule has 18 heavy (non-hydrogen) atoms. The van der Waals surface area contributed by atoms with Gasteiger partial charge in [0.25, 0.3) is 0 Å². The molecule has 1 unspecified atom stereocenters. The van der Waals surface area contributed by atoms with Crippen LogP contribution in [0, 0.1) is 0 Å². The number of rotatable bonds is 3. The van der Waals surface area contributed by atoms with Crippen LogP contribution in [-0.4, -0.2) is 0 Å². The van der Waals surface area contributed by atoms with E-state index < -0.39 is 0 Å². The molecule has 94 valence electrons. The van der Waals surface area contributed by atoms with E-state index in [0.717, 1.165) is 15.6 Å². The fourth-order valence-corrected chi connectivity index (χ4v) is 2.29. The summed E-state index contributed by atoms with van der Waals surface area (Å²) in [5.41, 5.74) is 4.81. The Morgan fingerprint density at radius 1 is 1.00 bits per heavy atom. The molecule has 0 saturated heterocycles. The molecule has 2 aromatic rings.